The molecule has 0 saturated carbocycles. The van der Waals surface area contributed by atoms with Crippen molar-refractivity contribution >= 4 is 0 Å². The first kappa shape index (κ1) is 13.1. The summed E-state index contributed by atoms with van der Waals surface area (Å²) < 4.78 is 26.7. The number of hydrogen-bond acceptors (Lipinski definition) is 0. The molecule has 0 radical (unpaired) electrons. The topological polar surface area (TPSA) is 0 Å². The van der Waals surface area contributed by atoms with E-state index in [1.165, 1.54) is 19.1 Å². The summed E-state index contributed by atoms with van der Waals surface area (Å²) in [5.74, 6) is -0.0348. The summed E-state index contributed by atoms with van der Waals surface area (Å²) >= 11 is 0. The Hall–Kier alpha value is -0.920. The first-order valence-electron chi connectivity index (χ1n) is 5.87. The molecule has 0 aliphatic rings. The quantitative estimate of drug-likeness (QED) is 0.691. The van der Waals surface area contributed by atoms with Crippen molar-refractivity contribution in [3.05, 3.63) is 34.9 Å². The SMILES string of the molecule is Cc1c(F)cc(C(C)CCC(C)C)cc1F. The molecule has 0 N–H and O–H groups in total. The number of halogens is 2. The van der Waals surface area contributed by atoms with E-state index in [1.807, 2.05) is 6.92 Å². The van der Waals surface area contributed by atoms with E-state index in [-0.39, 0.29) is 11.5 Å². The molecule has 0 aromatic heterocycles. The van der Waals surface area contributed by atoms with Gasteiger partial charge in [0.15, 0.2) is 0 Å². The molecule has 0 spiro atoms. The van der Waals surface area contributed by atoms with Crippen LogP contribution in [0, 0.1) is 24.5 Å². The third kappa shape index (κ3) is 3.29. The lowest BCUT2D eigenvalue weighted by Gasteiger charge is -2.14. The minimum absolute atomic E-state index is 0.111. The zero-order chi connectivity index (χ0) is 12.3. The third-order valence-electron chi connectivity index (χ3n) is 3.05. The predicted octanol–water partition coefficient (Wildman–Crippen LogP) is 4.81. The first-order valence-corrected chi connectivity index (χ1v) is 5.87. The van der Waals surface area contributed by atoms with Crippen molar-refractivity contribution in [2.75, 3.05) is 0 Å². The highest BCUT2D eigenvalue weighted by Gasteiger charge is 2.12. The normalized spacial score (nSPS) is 13.2. The fourth-order valence-electron chi connectivity index (χ4n) is 1.70. The van der Waals surface area contributed by atoms with E-state index >= 15 is 0 Å². The lowest BCUT2D eigenvalue weighted by molar-refractivity contribution is 0.509. The van der Waals surface area contributed by atoms with Gasteiger partial charge < -0.3 is 0 Å². The van der Waals surface area contributed by atoms with Crippen LogP contribution < -0.4 is 0 Å². The van der Waals surface area contributed by atoms with E-state index in [0.29, 0.717) is 5.92 Å². The van der Waals surface area contributed by atoms with Crippen LogP contribution in [-0.4, -0.2) is 0 Å². The van der Waals surface area contributed by atoms with Crippen LogP contribution in [0.15, 0.2) is 12.1 Å². The lowest BCUT2D eigenvalue weighted by Crippen LogP contribution is -2.00. The number of hydrogen-bond donors (Lipinski definition) is 0. The fraction of sp³-hybridized carbons (Fsp3) is 0.571. The molecule has 1 unspecified atom stereocenters. The second-order valence-electron chi connectivity index (χ2n) is 4.98. The van der Waals surface area contributed by atoms with Gasteiger partial charge in [-0.1, -0.05) is 27.2 Å². The Balaban J connectivity index is 2.80. The maximum atomic E-state index is 13.4. The van der Waals surface area contributed by atoms with Crippen molar-refractivity contribution in [1.82, 2.24) is 0 Å². The van der Waals surface area contributed by atoms with Gasteiger partial charge >= 0.3 is 0 Å². The molecule has 16 heavy (non-hydrogen) atoms. The standard InChI is InChI=1S/C14H20F2/c1-9(2)5-6-10(3)12-7-13(15)11(4)14(16)8-12/h7-10H,5-6H2,1-4H3. The summed E-state index contributed by atoms with van der Waals surface area (Å²) in [5, 5.41) is 0. The van der Waals surface area contributed by atoms with Crippen molar-refractivity contribution in [3.63, 3.8) is 0 Å². The lowest BCUT2D eigenvalue weighted by atomic mass is 9.92. The number of benzene rings is 1. The van der Waals surface area contributed by atoms with Crippen molar-refractivity contribution in [3.8, 4) is 0 Å². The van der Waals surface area contributed by atoms with Crippen LogP contribution in [0.25, 0.3) is 0 Å². The minimum atomic E-state index is -0.439. The minimum Gasteiger partial charge on any atom is -0.207 e. The van der Waals surface area contributed by atoms with E-state index < -0.39 is 11.6 Å². The van der Waals surface area contributed by atoms with Crippen LogP contribution in [0.3, 0.4) is 0 Å². The molecule has 0 aliphatic heterocycles. The Morgan fingerprint density at radius 1 is 1.00 bits per heavy atom. The Kier molecular flexibility index (Phi) is 4.45. The molecule has 1 rings (SSSR count). The molecule has 0 nitrogen and oxygen atoms in total. The third-order valence-corrected chi connectivity index (χ3v) is 3.05. The predicted molar refractivity (Wildman–Crippen MR) is 63.6 cm³/mol. The highest BCUT2D eigenvalue weighted by atomic mass is 19.1. The molecule has 0 heterocycles. The van der Waals surface area contributed by atoms with E-state index in [0.717, 1.165) is 18.4 Å². The maximum Gasteiger partial charge on any atom is 0.129 e. The molecule has 90 valence electrons. The Labute approximate surface area is 96.7 Å². The van der Waals surface area contributed by atoms with Crippen LogP contribution >= 0.6 is 0 Å². The molecular formula is C14H20F2. The summed E-state index contributed by atoms with van der Waals surface area (Å²) in [6.45, 7) is 7.80. The van der Waals surface area contributed by atoms with Gasteiger partial charge in [-0.15, -0.1) is 0 Å². The van der Waals surface area contributed by atoms with Crippen LogP contribution in [-0.2, 0) is 0 Å². The van der Waals surface area contributed by atoms with Crippen LogP contribution in [0.1, 0.15) is 50.7 Å². The van der Waals surface area contributed by atoms with Crippen molar-refractivity contribution in [2.45, 2.75) is 46.5 Å². The first-order chi connectivity index (χ1) is 7.41. The Morgan fingerprint density at radius 3 is 1.94 bits per heavy atom. The van der Waals surface area contributed by atoms with Gasteiger partial charge in [-0.3, -0.25) is 0 Å². The average molecular weight is 226 g/mol. The zero-order valence-electron chi connectivity index (χ0n) is 10.5. The molecule has 0 fully saturated rings. The fourth-order valence-corrected chi connectivity index (χ4v) is 1.70. The summed E-state index contributed by atoms with van der Waals surface area (Å²) in [5.41, 5.74) is 0.876. The molecule has 1 aromatic carbocycles. The summed E-state index contributed by atoms with van der Waals surface area (Å²) in [7, 11) is 0. The summed E-state index contributed by atoms with van der Waals surface area (Å²) in [6.07, 6.45) is 2.05. The van der Waals surface area contributed by atoms with Gasteiger partial charge in [0, 0.05) is 5.56 Å². The van der Waals surface area contributed by atoms with Crippen LogP contribution in [0.2, 0.25) is 0 Å². The number of rotatable bonds is 4. The monoisotopic (exact) mass is 226 g/mol. The second kappa shape index (κ2) is 5.42. The van der Waals surface area contributed by atoms with Gasteiger partial charge in [-0.25, -0.2) is 8.78 Å². The largest absolute Gasteiger partial charge is 0.207 e. The molecule has 0 saturated heterocycles. The van der Waals surface area contributed by atoms with Gasteiger partial charge in [0.2, 0.25) is 0 Å². The van der Waals surface area contributed by atoms with Crippen molar-refractivity contribution in [1.29, 1.82) is 0 Å². The smallest absolute Gasteiger partial charge is 0.129 e. The average Bonchev–Trinajstić information content (AvgIpc) is 2.21. The molecule has 0 amide bonds. The summed E-state index contributed by atoms with van der Waals surface area (Å²) in [4.78, 5) is 0. The van der Waals surface area contributed by atoms with Gasteiger partial charge in [0.1, 0.15) is 11.6 Å². The molecule has 2 heteroatoms. The van der Waals surface area contributed by atoms with E-state index in [1.54, 1.807) is 0 Å². The van der Waals surface area contributed by atoms with E-state index in [2.05, 4.69) is 13.8 Å². The van der Waals surface area contributed by atoms with Crippen molar-refractivity contribution < 1.29 is 8.78 Å². The second-order valence-corrected chi connectivity index (χ2v) is 4.98. The maximum absolute atomic E-state index is 13.4. The molecule has 1 atom stereocenters. The van der Waals surface area contributed by atoms with Crippen LogP contribution in [0.4, 0.5) is 8.78 Å². The molecular weight excluding hydrogens is 206 g/mol. The molecule has 0 aliphatic carbocycles. The highest BCUT2D eigenvalue weighted by molar-refractivity contribution is 5.27. The molecule has 0 bridgehead atoms. The van der Waals surface area contributed by atoms with Gasteiger partial charge in [0.25, 0.3) is 0 Å². The van der Waals surface area contributed by atoms with E-state index in [9.17, 15) is 8.78 Å². The van der Waals surface area contributed by atoms with Gasteiger partial charge in [-0.2, -0.15) is 0 Å². The van der Waals surface area contributed by atoms with E-state index in [4.69, 9.17) is 0 Å². The van der Waals surface area contributed by atoms with Gasteiger partial charge in [0.05, 0.1) is 0 Å². The summed E-state index contributed by atoms with van der Waals surface area (Å²) in [6, 6.07) is 2.92. The highest BCUT2D eigenvalue weighted by Crippen LogP contribution is 2.25. The molecule has 1 aromatic rings. The zero-order valence-corrected chi connectivity index (χ0v) is 10.5. The Morgan fingerprint density at radius 2 is 1.50 bits per heavy atom. The Bertz CT molecular complexity index is 333. The van der Waals surface area contributed by atoms with Crippen LogP contribution in [0.5, 0.6) is 0 Å². The van der Waals surface area contributed by atoms with Crippen molar-refractivity contribution in [2.24, 2.45) is 5.92 Å². The van der Waals surface area contributed by atoms with Gasteiger partial charge in [-0.05, 0) is 42.9 Å².